The fraction of sp³-hybridized carbons (Fsp3) is 1.00. The largest absolute Gasteiger partial charge is 0.350 e. The third kappa shape index (κ3) is 7.24. The zero-order chi connectivity index (χ0) is 36.0. The third-order valence-electron chi connectivity index (χ3n) is 17.3. The molecule has 0 N–H and O–H groups in total. The minimum atomic E-state index is -0.314. The van der Waals surface area contributed by atoms with Gasteiger partial charge in [0.15, 0.2) is 5.79 Å². The van der Waals surface area contributed by atoms with E-state index in [0.29, 0.717) is 22.2 Å². The summed E-state index contributed by atoms with van der Waals surface area (Å²) in [7, 11) is 0. The molecule has 5 atom stereocenters. The molecule has 0 aromatic carbocycles. The lowest BCUT2D eigenvalue weighted by molar-refractivity contribution is -0.309. The lowest BCUT2D eigenvalue weighted by Gasteiger charge is -2.63. The molecule has 4 heterocycles. The molecule has 7 fully saturated rings. The quantitative estimate of drug-likeness (QED) is 0.254. The van der Waals surface area contributed by atoms with E-state index in [4.69, 9.17) is 9.47 Å². The van der Waals surface area contributed by atoms with Crippen LogP contribution in [-0.4, -0.2) is 65.6 Å². The van der Waals surface area contributed by atoms with Crippen molar-refractivity contribution in [3.8, 4) is 0 Å². The topological polar surface area (TPSA) is 24.9 Å². The van der Waals surface area contributed by atoms with E-state index in [9.17, 15) is 0 Å². The van der Waals surface area contributed by atoms with Crippen LogP contribution in [0.4, 0.5) is 0 Å². The summed E-state index contributed by atoms with van der Waals surface area (Å²) in [5.74, 6) is 5.28. The number of hydrogen-bond donors (Lipinski definition) is 0. The Labute approximate surface area is 305 Å². The van der Waals surface area contributed by atoms with Crippen molar-refractivity contribution in [3.05, 3.63) is 0 Å². The van der Waals surface area contributed by atoms with E-state index >= 15 is 0 Å². The molecule has 0 aromatic rings. The Balaban J connectivity index is 1.04. The van der Waals surface area contributed by atoms with Crippen LogP contribution in [-0.2, 0) is 9.47 Å². The van der Waals surface area contributed by atoms with Gasteiger partial charge < -0.3 is 9.47 Å². The molecule has 284 valence electrons. The highest BCUT2D eigenvalue weighted by Gasteiger charge is 2.57. The van der Waals surface area contributed by atoms with Crippen molar-refractivity contribution in [2.24, 2.45) is 63.1 Å². The molecule has 7 aliphatic rings. The molecule has 5 unspecified atom stereocenters. The van der Waals surface area contributed by atoms with Gasteiger partial charge in [-0.3, -0.25) is 9.80 Å². The van der Waals surface area contributed by atoms with E-state index < -0.39 is 0 Å². The van der Waals surface area contributed by atoms with Crippen LogP contribution in [0.5, 0.6) is 0 Å². The number of fused-ring (bicyclic) bond motifs is 5. The van der Waals surface area contributed by atoms with E-state index in [1.54, 1.807) is 0 Å². The van der Waals surface area contributed by atoms with Gasteiger partial charge >= 0.3 is 0 Å². The van der Waals surface area contributed by atoms with Gasteiger partial charge in [0.25, 0.3) is 0 Å². The Morgan fingerprint density at radius 3 is 1.57 bits per heavy atom. The zero-order valence-corrected chi connectivity index (χ0v) is 35.1. The number of piperidine rings is 3. The fourth-order valence-corrected chi connectivity index (χ4v) is 13.0. The van der Waals surface area contributed by atoms with Crippen molar-refractivity contribution < 1.29 is 9.47 Å². The average molecular weight is 683 g/mol. The minimum absolute atomic E-state index is 0.245. The molecular weight excluding hydrogens is 601 g/mol. The molecular formula is C45H82N2O2. The van der Waals surface area contributed by atoms with Gasteiger partial charge in [0, 0.05) is 55.5 Å². The summed E-state index contributed by atoms with van der Waals surface area (Å²) < 4.78 is 13.1. The highest BCUT2D eigenvalue weighted by Crippen LogP contribution is 2.61. The Hall–Kier alpha value is -0.160. The lowest BCUT2D eigenvalue weighted by Crippen LogP contribution is -2.63. The van der Waals surface area contributed by atoms with Crippen LogP contribution in [0.1, 0.15) is 168 Å². The predicted molar refractivity (Wildman–Crippen MR) is 207 cm³/mol. The maximum atomic E-state index is 6.57. The second kappa shape index (κ2) is 13.0. The first kappa shape index (κ1) is 38.6. The van der Waals surface area contributed by atoms with Crippen LogP contribution >= 0.6 is 0 Å². The van der Waals surface area contributed by atoms with Crippen molar-refractivity contribution in [3.63, 3.8) is 0 Å². The molecule has 3 saturated carbocycles. The molecule has 0 amide bonds. The summed E-state index contributed by atoms with van der Waals surface area (Å²) in [6, 6.07) is 0.746. The van der Waals surface area contributed by atoms with Gasteiger partial charge in [0.2, 0.25) is 0 Å². The van der Waals surface area contributed by atoms with E-state index in [0.717, 1.165) is 67.6 Å². The highest BCUT2D eigenvalue weighted by atomic mass is 16.7. The Bertz CT molecular complexity index is 1120. The van der Waals surface area contributed by atoms with Crippen molar-refractivity contribution in [1.29, 1.82) is 0 Å². The van der Waals surface area contributed by atoms with Crippen LogP contribution in [0.25, 0.3) is 0 Å². The zero-order valence-electron chi connectivity index (χ0n) is 35.1. The van der Waals surface area contributed by atoms with Gasteiger partial charge in [-0.05, 0) is 143 Å². The lowest BCUT2D eigenvalue weighted by atomic mass is 9.48. The summed E-state index contributed by atoms with van der Waals surface area (Å²) in [4.78, 5) is 5.94. The van der Waals surface area contributed by atoms with Crippen molar-refractivity contribution >= 4 is 0 Å². The van der Waals surface area contributed by atoms with Gasteiger partial charge in [-0.1, -0.05) is 69.2 Å². The Morgan fingerprint density at radius 2 is 1.08 bits per heavy atom. The number of nitrogens with zero attached hydrogens (tertiary/aromatic N) is 2. The van der Waals surface area contributed by atoms with Gasteiger partial charge in [-0.25, -0.2) is 0 Å². The van der Waals surface area contributed by atoms with Crippen LogP contribution in [0.3, 0.4) is 0 Å². The van der Waals surface area contributed by atoms with E-state index in [1.165, 1.54) is 77.4 Å². The van der Waals surface area contributed by atoms with E-state index in [1.807, 2.05) is 0 Å². The minimum Gasteiger partial charge on any atom is -0.350 e. The number of ether oxygens (including phenoxy) is 2. The van der Waals surface area contributed by atoms with Gasteiger partial charge in [-0.15, -0.1) is 0 Å². The molecule has 7 rings (SSSR count). The van der Waals surface area contributed by atoms with Crippen LogP contribution < -0.4 is 0 Å². The maximum absolute atomic E-state index is 6.57. The Kier molecular flexibility index (Phi) is 10.2. The molecule has 4 bridgehead atoms. The SMILES string of the molecule is CC(C)(C)C1COC2(CCC(C(C)(C)C(C)(C)C3CC4CCC3CN4C(C)(C)CCC(C)(C)N3CC4CCC(C3)C4C(C)(C)C)CC2)OC1. The van der Waals surface area contributed by atoms with Gasteiger partial charge in [0.05, 0.1) is 13.2 Å². The number of hydrogen-bond acceptors (Lipinski definition) is 4. The molecule has 0 aromatic heterocycles. The number of rotatable bonds is 8. The predicted octanol–water partition coefficient (Wildman–Crippen LogP) is 11.1. The monoisotopic (exact) mass is 683 g/mol. The normalized spacial score (nSPS) is 38.8. The van der Waals surface area contributed by atoms with E-state index in [-0.39, 0.29) is 22.3 Å². The number of likely N-dealkylation sites (tertiary alicyclic amines) is 1. The van der Waals surface area contributed by atoms with Crippen molar-refractivity contribution in [2.45, 2.75) is 190 Å². The standard InChI is InChI=1S/C45H82N2O2/c1-39(2,3)35-29-48-45(49-30-35)21-19-34(20-22-45)43(11,12)44(13,14)37-25-36-18-17-31(37)28-47(36)42(9,10)24-23-41(7,8)46-26-32-15-16-33(27-46)38(32)40(4,5)6/h31-38H,15-30H2,1-14H3. The van der Waals surface area contributed by atoms with Gasteiger partial charge in [-0.2, -0.15) is 0 Å². The van der Waals surface area contributed by atoms with Gasteiger partial charge in [0.1, 0.15) is 0 Å². The average Bonchev–Trinajstić information content (AvgIpc) is 3.31. The van der Waals surface area contributed by atoms with Crippen molar-refractivity contribution in [2.75, 3.05) is 32.8 Å². The first-order valence-electron chi connectivity index (χ1n) is 21.3. The first-order valence-corrected chi connectivity index (χ1v) is 21.3. The smallest absolute Gasteiger partial charge is 0.168 e. The highest BCUT2D eigenvalue weighted by molar-refractivity contribution is 5.08. The second-order valence-corrected chi connectivity index (χ2v) is 23.3. The molecule has 49 heavy (non-hydrogen) atoms. The van der Waals surface area contributed by atoms with Crippen LogP contribution in [0.2, 0.25) is 0 Å². The molecule has 4 aliphatic heterocycles. The molecule has 4 heteroatoms. The molecule has 4 nitrogen and oxygen atoms in total. The molecule has 0 radical (unpaired) electrons. The maximum Gasteiger partial charge on any atom is 0.168 e. The van der Waals surface area contributed by atoms with E-state index in [2.05, 4.69) is 107 Å². The summed E-state index contributed by atoms with van der Waals surface area (Å²) in [5.41, 5.74) is 1.85. The summed E-state index contributed by atoms with van der Waals surface area (Å²) in [6.07, 6.45) is 14.4. The van der Waals surface area contributed by atoms with Crippen molar-refractivity contribution in [1.82, 2.24) is 9.80 Å². The first-order chi connectivity index (χ1) is 22.5. The fourth-order valence-electron chi connectivity index (χ4n) is 13.0. The summed E-state index contributed by atoms with van der Waals surface area (Å²) in [5, 5.41) is 0. The second-order valence-electron chi connectivity index (χ2n) is 23.3. The third-order valence-corrected chi connectivity index (χ3v) is 17.3. The molecule has 4 saturated heterocycles. The summed E-state index contributed by atoms with van der Waals surface area (Å²) >= 11 is 0. The molecule has 3 aliphatic carbocycles. The molecule has 1 spiro atoms. The van der Waals surface area contributed by atoms with Crippen LogP contribution in [0, 0.1) is 63.1 Å². The Morgan fingerprint density at radius 1 is 0.551 bits per heavy atom. The summed E-state index contributed by atoms with van der Waals surface area (Å²) in [6.45, 7) is 41.1. The van der Waals surface area contributed by atoms with Crippen LogP contribution in [0.15, 0.2) is 0 Å².